The molecule has 3 aromatic rings. The lowest BCUT2D eigenvalue weighted by atomic mass is 9.49. The second-order valence-corrected chi connectivity index (χ2v) is 9.08. The lowest BCUT2D eigenvalue weighted by molar-refractivity contribution is -0.0817. The van der Waals surface area contributed by atoms with E-state index in [0.29, 0.717) is 11.1 Å². The maximum Gasteiger partial charge on any atom is 0.257 e. The van der Waals surface area contributed by atoms with E-state index in [-0.39, 0.29) is 34.8 Å². The minimum absolute atomic E-state index is 0.0100. The Hall–Kier alpha value is -4.25. The Morgan fingerprint density at radius 3 is 2.62 bits per heavy atom. The molecular weight excluding hydrogens is 430 g/mol. The Morgan fingerprint density at radius 1 is 1.12 bits per heavy atom. The fraction of sp³-hybridized carbons (Fsp3) is 0.269. The van der Waals surface area contributed by atoms with E-state index in [4.69, 9.17) is 10.5 Å². The van der Waals surface area contributed by atoms with E-state index in [1.165, 1.54) is 6.20 Å². The number of hydrogen-bond acceptors (Lipinski definition) is 6. The van der Waals surface area contributed by atoms with Crippen LogP contribution in [0.15, 0.2) is 61.1 Å². The second kappa shape index (κ2) is 8.60. The largest absolute Gasteiger partial charge is 0.474 e. The molecule has 2 heterocycles. The van der Waals surface area contributed by atoms with Gasteiger partial charge in [-0.05, 0) is 85.0 Å². The summed E-state index contributed by atoms with van der Waals surface area (Å²) >= 11 is 0. The number of pyridine rings is 2. The van der Waals surface area contributed by atoms with Gasteiger partial charge in [-0.25, -0.2) is 4.98 Å². The number of hydrogen-bond donors (Lipinski definition) is 2. The first-order valence-corrected chi connectivity index (χ1v) is 11.1. The van der Waals surface area contributed by atoms with Crippen LogP contribution in [-0.4, -0.2) is 27.9 Å². The van der Waals surface area contributed by atoms with Gasteiger partial charge in [-0.3, -0.25) is 14.6 Å². The van der Waals surface area contributed by atoms with Gasteiger partial charge >= 0.3 is 0 Å². The van der Waals surface area contributed by atoms with Crippen molar-refractivity contribution in [2.24, 2.45) is 11.1 Å². The van der Waals surface area contributed by atoms with E-state index >= 15 is 0 Å². The highest BCUT2D eigenvalue weighted by atomic mass is 16.5. The molecular formula is C26H23N5O3. The summed E-state index contributed by atoms with van der Waals surface area (Å²) in [7, 11) is 0. The van der Waals surface area contributed by atoms with Crippen molar-refractivity contribution in [3.8, 4) is 11.9 Å². The summed E-state index contributed by atoms with van der Waals surface area (Å²) in [4.78, 5) is 32.4. The van der Waals surface area contributed by atoms with Crippen LogP contribution in [0, 0.1) is 16.7 Å². The molecule has 34 heavy (non-hydrogen) atoms. The van der Waals surface area contributed by atoms with Crippen molar-refractivity contribution in [2.45, 2.75) is 37.7 Å². The van der Waals surface area contributed by atoms with Crippen molar-refractivity contribution in [2.75, 3.05) is 5.32 Å². The summed E-state index contributed by atoms with van der Waals surface area (Å²) in [5.74, 6) is -0.257. The molecule has 0 radical (unpaired) electrons. The first kappa shape index (κ1) is 21.6. The Bertz CT molecular complexity index is 1290. The third kappa shape index (κ3) is 4.08. The number of carbonyl (C=O) groups excluding carboxylic acids is 2. The number of nitriles is 1. The topological polar surface area (TPSA) is 131 Å². The van der Waals surface area contributed by atoms with Crippen LogP contribution in [0.2, 0.25) is 0 Å². The molecule has 2 saturated carbocycles. The number of primary amides is 1. The predicted octanol–water partition coefficient (Wildman–Crippen LogP) is 3.80. The minimum Gasteiger partial charge on any atom is -0.474 e. The Morgan fingerprint density at radius 2 is 1.91 bits per heavy atom. The summed E-state index contributed by atoms with van der Waals surface area (Å²) in [6.07, 6.45) is 8.35. The number of benzene rings is 1. The smallest absolute Gasteiger partial charge is 0.257 e. The van der Waals surface area contributed by atoms with Crippen LogP contribution in [0.3, 0.4) is 0 Å². The number of carbonyl (C=O) groups is 2. The van der Waals surface area contributed by atoms with Crippen LogP contribution in [0.4, 0.5) is 5.69 Å². The van der Waals surface area contributed by atoms with Crippen LogP contribution in [0.25, 0.3) is 0 Å². The molecule has 1 spiro atoms. The van der Waals surface area contributed by atoms with Crippen molar-refractivity contribution in [1.29, 1.82) is 5.26 Å². The number of nitrogens with two attached hydrogens (primary N) is 1. The summed E-state index contributed by atoms with van der Waals surface area (Å²) in [6.45, 7) is 0. The molecule has 0 aliphatic heterocycles. The van der Waals surface area contributed by atoms with Crippen molar-refractivity contribution >= 4 is 17.5 Å². The van der Waals surface area contributed by atoms with E-state index in [1.807, 2.05) is 6.07 Å². The Labute approximate surface area is 196 Å². The van der Waals surface area contributed by atoms with E-state index < -0.39 is 5.91 Å². The van der Waals surface area contributed by atoms with Gasteiger partial charge in [0.1, 0.15) is 11.7 Å². The van der Waals surface area contributed by atoms with Crippen LogP contribution in [-0.2, 0) is 0 Å². The average Bonchev–Trinajstić information content (AvgIpc) is 2.81. The van der Waals surface area contributed by atoms with Crippen LogP contribution < -0.4 is 15.8 Å². The van der Waals surface area contributed by atoms with Gasteiger partial charge in [0.2, 0.25) is 5.88 Å². The second-order valence-electron chi connectivity index (χ2n) is 9.08. The van der Waals surface area contributed by atoms with Gasteiger partial charge < -0.3 is 15.8 Å². The fourth-order valence-corrected chi connectivity index (χ4v) is 5.13. The van der Waals surface area contributed by atoms with E-state index in [2.05, 4.69) is 21.4 Å². The van der Waals surface area contributed by atoms with E-state index in [1.54, 1.807) is 48.8 Å². The first-order valence-electron chi connectivity index (χ1n) is 11.1. The number of nitrogens with one attached hydrogen (secondary N) is 1. The number of aromatic nitrogens is 2. The van der Waals surface area contributed by atoms with Gasteiger partial charge in [-0.1, -0.05) is 0 Å². The molecule has 3 N–H and O–H groups in total. The van der Waals surface area contributed by atoms with Gasteiger partial charge in [0.05, 0.1) is 17.2 Å². The average molecular weight is 454 g/mol. The minimum atomic E-state index is -0.556. The van der Waals surface area contributed by atoms with Crippen molar-refractivity contribution in [3.63, 3.8) is 0 Å². The molecule has 170 valence electrons. The SMILES string of the molecule is N#Cc1ccc(NC(=O)c2cccnc2)c(C2CC3(CC(Oc4ncccc4C(N)=O)C3)C2)c1. The van der Waals surface area contributed by atoms with E-state index in [9.17, 15) is 14.9 Å². The van der Waals surface area contributed by atoms with E-state index in [0.717, 1.165) is 36.9 Å². The molecule has 2 fully saturated rings. The molecule has 8 heteroatoms. The molecule has 2 amide bonds. The molecule has 0 bridgehead atoms. The number of ether oxygens (including phenoxy) is 1. The molecule has 5 rings (SSSR count). The monoisotopic (exact) mass is 453 g/mol. The quantitative estimate of drug-likeness (QED) is 0.584. The van der Waals surface area contributed by atoms with Crippen LogP contribution in [0.1, 0.15) is 63.4 Å². The maximum absolute atomic E-state index is 12.7. The molecule has 2 aliphatic rings. The third-order valence-electron chi connectivity index (χ3n) is 6.79. The van der Waals surface area contributed by atoms with Crippen LogP contribution >= 0.6 is 0 Å². The van der Waals surface area contributed by atoms with Gasteiger partial charge in [-0.15, -0.1) is 0 Å². The summed E-state index contributed by atoms with van der Waals surface area (Å²) in [6, 6.07) is 14.3. The number of rotatable bonds is 6. The van der Waals surface area contributed by atoms with Crippen LogP contribution in [0.5, 0.6) is 5.88 Å². The Kier molecular flexibility index (Phi) is 5.46. The highest BCUT2D eigenvalue weighted by Crippen LogP contribution is 2.63. The molecule has 1 aromatic carbocycles. The lowest BCUT2D eigenvalue weighted by Gasteiger charge is -2.57. The summed E-state index contributed by atoms with van der Waals surface area (Å²) in [5.41, 5.74) is 8.62. The zero-order valence-corrected chi connectivity index (χ0v) is 18.4. The first-order chi connectivity index (χ1) is 16.5. The lowest BCUT2D eigenvalue weighted by Crippen LogP contribution is -2.51. The fourth-order valence-electron chi connectivity index (χ4n) is 5.13. The van der Waals surface area contributed by atoms with Gasteiger partial charge in [-0.2, -0.15) is 5.26 Å². The predicted molar refractivity (Wildman–Crippen MR) is 124 cm³/mol. The zero-order valence-electron chi connectivity index (χ0n) is 18.4. The third-order valence-corrected chi connectivity index (χ3v) is 6.79. The number of amides is 2. The molecule has 0 unspecified atom stereocenters. The van der Waals surface area contributed by atoms with Crippen molar-refractivity contribution < 1.29 is 14.3 Å². The molecule has 2 aliphatic carbocycles. The zero-order chi connectivity index (χ0) is 23.7. The van der Waals surface area contributed by atoms with Gasteiger partial charge in [0.25, 0.3) is 11.8 Å². The normalized spacial score (nSPS) is 22.7. The van der Waals surface area contributed by atoms with Gasteiger partial charge in [0.15, 0.2) is 0 Å². The molecule has 0 saturated heterocycles. The molecule has 0 atom stereocenters. The summed E-state index contributed by atoms with van der Waals surface area (Å²) < 4.78 is 5.96. The highest BCUT2D eigenvalue weighted by Gasteiger charge is 2.54. The Balaban J connectivity index is 1.25. The maximum atomic E-state index is 12.7. The number of anilines is 1. The molecule has 2 aromatic heterocycles. The molecule has 8 nitrogen and oxygen atoms in total. The standard InChI is InChI=1S/C26H23N5O3/c27-14-16-5-6-22(31-24(33)17-3-1-7-29-15-17)21(9-16)18-10-26(11-18)12-19(13-26)34-25-20(23(28)32)4-2-8-30-25/h1-9,15,18-19H,10-13H2,(H2,28,32)(H,31,33). The van der Waals surface area contributed by atoms with Crippen molar-refractivity contribution in [3.05, 3.63) is 83.3 Å². The number of nitrogens with zero attached hydrogens (tertiary/aromatic N) is 3. The van der Waals surface area contributed by atoms with Gasteiger partial charge in [0, 0.05) is 24.3 Å². The summed E-state index contributed by atoms with van der Waals surface area (Å²) in [5, 5.41) is 12.4. The van der Waals surface area contributed by atoms with Crippen molar-refractivity contribution in [1.82, 2.24) is 9.97 Å². The highest BCUT2D eigenvalue weighted by molar-refractivity contribution is 6.04.